The Labute approximate surface area is 191 Å². The van der Waals surface area contributed by atoms with Crippen LogP contribution in [0.1, 0.15) is 77.6 Å². The smallest absolute Gasteiger partial charge is 0.226 e. The number of hydrogen-bond acceptors (Lipinski definition) is 3. The number of amides is 1. The van der Waals surface area contributed by atoms with Crippen LogP contribution in [0.4, 0.5) is 0 Å². The Balaban J connectivity index is 0. The summed E-state index contributed by atoms with van der Waals surface area (Å²) >= 11 is 0. The monoisotopic (exact) mass is 431 g/mol. The Kier molecular flexibility index (Phi) is 17.1. The van der Waals surface area contributed by atoms with Gasteiger partial charge in [-0.3, -0.25) is 4.79 Å². The molecule has 0 unspecified atom stereocenters. The van der Waals surface area contributed by atoms with E-state index in [9.17, 15) is 9.90 Å². The van der Waals surface area contributed by atoms with Crippen molar-refractivity contribution in [2.75, 3.05) is 13.1 Å². The third-order valence-corrected chi connectivity index (χ3v) is 4.38. The van der Waals surface area contributed by atoms with Crippen molar-refractivity contribution in [2.24, 2.45) is 0 Å². The first-order chi connectivity index (χ1) is 14.8. The molecule has 0 aliphatic heterocycles. The molecule has 0 heterocycles. The first kappa shape index (κ1) is 30.7. The molecule has 0 aliphatic rings. The molecule has 0 atom stereocenters. The molecule has 0 saturated heterocycles. The van der Waals surface area contributed by atoms with E-state index in [1.165, 1.54) is 0 Å². The Morgan fingerprint density at radius 1 is 0.839 bits per heavy atom. The van der Waals surface area contributed by atoms with Crippen molar-refractivity contribution in [3.63, 3.8) is 0 Å². The van der Waals surface area contributed by atoms with E-state index in [0.29, 0.717) is 12.2 Å². The molecule has 0 bridgehead atoms. The molecule has 176 valence electrons. The number of aryl methyl sites for hydroxylation is 3. The lowest BCUT2D eigenvalue weighted by Gasteiger charge is -2.19. The summed E-state index contributed by atoms with van der Waals surface area (Å²) in [5.41, 5.74) is 3.76. The Morgan fingerprint density at radius 3 is 1.74 bits per heavy atom. The summed E-state index contributed by atoms with van der Waals surface area (Å²) in [6.07, 6.45) is 0.405. The number of carbonyl (C=O) groups excluding carboxylic acids is 1. The van der Waals surface area contributed by atoms with E-state index >= 15 is 0 Å². The van der Waals surface area contributed by atoms with E-state index in [1.807, 2.05) is 99.3 Å². The van der Waals surface area contributed by atoms with Gasteiger partial charge in [0.1, 0.15) is 17.2 Å². The average Bonchev–Trinajstić information content (AvgIpc) is 2.78. The number of rotatable bonds is 6. The van der Waals surface area contributed by atoms with Gasteiger partial charge in [-0.05, 0) is 75.1 Å². The van der Waals surface area contributed by atoms with Crippen molar-refractivity contribution < 1.29 is 14.6 Å². The Bertz CT molecular complexity index is 742. The molecule has 0 aliphatic carbocycles. The molecule has 1 amide bonds. The van der Waals surface area contributed by atoms with E-state index in [2.05, 4.69) is 0 Å². The number of aromatic hydroxyl groups is 1. The highest BCUT2D eigenvalue weighted by atomic mass is 16.5. The van der Waals surface area contributed by atoms with Crippen LogP contribution >= 0.6 is 0 Å². The standard InChI is InChI=1S/C21H27NO3.3C2H6/c1-6-22(7-2)20(24)13-17-10-15(4)21(16(5)11-17)25-18-8-9-19(23)14(3)12-18;3*1-2/h8-12,23H,6-7,13H2,1-5H3;3*1-2H3. The summed E-state index contributed by atoms with van der Waals surface area (Å²) < 4.78 is 6.02. The molecular formula is C27H45NO3. The molecule has 31 heavy (non-hydrogen) atoms. The number of nitrogens with zero attached hydrogens (tertiary/aromatic N) is 1. The van der Waals surface area contributed by atoms with E-state index in [-0.39, 0.29) is 11.7 Å². The fourth-order valence-corrected chi connectivity index (χ4v) is 2.98. The van der Waals surface area contributed by atoms with Crippen LogP contribution in [0.15, 0.2) is 30.3 Å². The summed E-state index contributed by atoms with van der Waals surface area (Å²) in [6.45, 7) is 23.3. The largest absolute Gasteiger partial charge is 0.508 e. The van der Waals surface area contributed by atoms with Gasteiger partial charge in [0.05, 0.1) is 6.42 Å². The molecule has 2 aromatic carbocycles. The van der Waals surface area contributed by atoms with Crippen molar-refractivity contribution in [1.82, 2.24) is 4.90 Å². The van der Waals surface area contributed by atoms with Gasteiger partial charge in [-0.2, -0.15) is 0 Å². The maximum atomic E-state index is 12.3. The zero-order valence-electron chi connectivity index (χ0n) is 21.7. The Hall–Kier alpha value is -2.49. The normalized spacial score (nSPS) is 9.13. The minimum Gasteiger partial charge on any atom is -0.508 e. The first-order valence-electron chi connectivity index (χ1n) is 11.7. The summed E-state index contributed by atoms with van der Waals surface area (Å²) in [4.78, 5) is 14.2. The number of carbonyl (C=O) groups is 1. The van der Waals surface area contributed by atoms with E-state index in [4.69, 9.17) is 4.74 Å². The quantitative estimate of drug-likeness (QED) is 0.512. The summed E-state index contributed by atoms with van der Waals surface area (Å²) in [5, 5.41) is 9.63. The molecular weight excluding hydrogens is 386 g/mol. The topological polar surface area (TPSA) is 49.8 Å². The van der Waals surface area contributed by atoms with Crippen molar-refractivity contribution in [2.45, 2.75) is 82.6 Å². The minimum atomic E-state index is 0.145. The SMILES string of the molecule is CC.CC.CC.CCN(CC)C(=O)Cc1cc(C)c(Oc2ccc(O)c(C)c2)c(C)c1. The highest BCUT2D eigenvalue weighted by molar-refractivity contribution is 5.79. The lowest BCUT2D eigenvalue weighted by molar-refractivity contribution is -0.130. The molecule has 0 radical (unpaired) electrons. The third-order valence-electron chi connectivity index (χ3n) is 4.38. The van der Waals surface area contributed by atoms with Gasteiger partial charge in [0.15, 0.2) is 0 Å². The van der Waals surface area contributed by atoms with Crippen LogP contribution in [-0.4, -0.2) is 29.0 Å². The fourth-order valence-electron chi connectivity index (χ4n) is 2.98. The van der Waals surface area contributed by atoms with Crippen molar-refractivity contribution in [3.05, 3.63) is 52.6 Å². The molecule has 4 nitrogen and oxygen atoms in total. The van der Waals surface area contributed by atoms with Gasteiger partial charge in [0, 0.05) is 13.1 Å². The molecule has 2 aromatic rings. The highest BCUT2D eigenvalue weighted by Gasteiger charge is 2.14. The molecule has 0 fully saturated rings. The fraction of sp³-hybridized carbons (Fsp3) is 0.519. The number of hydrogen-bond donors (Lipinski definition) is 1. The van der Waals surface area contributed by atoms with Gasteiger partial charge >= 0.3 is 0 Å². The molecule has 4 heteroatoms. The highest BCUT2D eigenvalue weighted by Crippen LogP contribution is 2.32. The lowest BCUT2D eigenvalue weighted by atomic mass is 10.0. The average molecular weight is 432 g/mol. The Morgan fingerprint density at radius 2 is 1.32 bits per heavy atom. The zero-order chi connectivity index (χ0) is 24.6. The number of ether oxygens (including phenoxy) is 1. The van der Waals surface area contributed by atoms with Gasteiger partial charge in [-0.1, -0.05) is 53.7 Å². The van der Waals surface area contributed by atoms with Crippen molar-refractivity contribution in [1.29, 1.82) is 0 Å². The second-order valence-electron chi connectivity index (χ2n) is 6.35. The summed E-state index contributed by atoms with van der Waals surface area (Å²) in [5.74, 6) is 1.88. The van der Waals surface area contributed by atoms with E-state index in [1.54, 1.807) is 12.1 Å². The third kappa shape index (κ3) is 9.91. The predicted molar refractivity (Wildman–Crippen MR) is 135 cm³/mol. The number of phenolic OH excluding ortho intramolecular Hbond substituents is 1. The van der Waals surface area contributed by atoms with Crippen LogP contribution in [0.5, 0.6) is 17.2 Å². The lowest BCUT2D eigenvalue weighted by Crippen LogP contribution is -2.31. The second-order valence-corrected chi connectivity index (χ2v) is 6.35. The van der Waals surface area contributed by atoms with Gasteiger partial charge in [0.25, 0.3) is 0 Å². The van der Waals surface area contributed by atoms with Crippen LogP contribution in [0, 0.1) is 20.8 Å². The van der Waals surface area contributed by atoms with Crippen LogP contribution in [-0.2, 0) is 11.2 Å². The van der Waals surface area contributed by atoms with Crippen LogP contribution in [0.25, 0.3) is 0 Å². The van der Waals surface area contributed by atoms with Crippen LogP contribution in [0.3, 0.4) is 0 Å². The zero-order valence-corrected chi connectivity index (χ0v) is 21.7. The maximum absolute atomic E-state index is 12.3. The first-order valence-corrected chi connectivity index (χ1v) is 11.7. The molecule has 1 N–H and O–H groups in total. The number of likely N-dealkylation sites (N-methyl/N-ethyl adjacent to an activating group) is 1. The van der Waals surface area contributed by atoms with Crippen molar-refractivity contribution in [3.8, 4) is 17.2 Å². The maximum Gasteiger partial charge on any atom is 0.226 e. The number of benzene rings is 2. The van der Waals surface area contributed by atoms with Gasteiger partial charge < -0.3 is 14.7 Å². The second kappa shape index (κ2) is 17.2. The van der Waals surface area contributed by atoms with Crippen LogP contribution in [0.2, 0.25) is 0 Å². The predicted octanol–water partition coefficient (Wildman–Crippen LogP) is 7.60. The van der Waals surface area contributed by atoms with Crippen molar-refractivity contribution >= 4 is 5.91 Å². The molecule has 0 saturated carbocycles. The van der Waals surface area contributed by atoms with Gasteiger partial charge in [-0.15, -0.1) is 0 Å². The summed E-state index contributed by atoms with van der Waals surface area (Å²) in [6, 6.07) is 9.21. The van der Waals surface area contributed by atoms with E-state index in [0.717, 1.165) is 41.1 Å². The van der Waals surface area contributed by atoms with E-state index < -0.39 is 0 Å². The van der Waals surface area contributed by atoms with Gasteiger partial charge in [-0.25, -0.2) is 0 Å². The molecule has 2 rings (SSSR count). The number of phenols is 1. The minimum absolute atomic E-state index is 0.145. The molecule has 0 spiro atoms. The van der Waals surface area contributed by atoms with Gasteiger partial charge in [0.2, 0.25) is 5.91 Å². The summed E-state index contributed by atoms with van der Waals surface area (Å²) in [7, 11) is 0. The van der Waals surface area contributed by atoms with Crippen LogP contribution < -0.4 is 4.74 Å². The molecule has 0 aromatic heterocycles.